The molecule has 0 aliphatic carbocycles. The summed E-state index contributed by atoms with van der Waals surface area (Å²) in [6, 6.07) is 19.2. The summed E-state index contributed by atoms with van der Waals surface area (Å²) in [7, 11) is 0. The number of hydrogen-bond donors (Lipinski definition) is 1. The summed E-state index contributed by atoms with van der Waals surface area (Å²) >= 11 is 0. The van der Waals surface area contributed by atoms with E-state index in [0.717, 1.165) is 5.56 Å². The lowest BCUT2D eigenvalue weighted by molar-refractivity contribution is -0.118. The molecule has 0 aliphatic rings. The zero-order chi connectivity index (χ0) is 21.8. The molecule has 2 aromatic carbocycles. The largest absolute Gasteiger partial charge is 0.484 e. The van der Waals surface area contributed by atoms with Gasteiger partial charge < -0.3 is 10.1 Å². The first-order chi connectivity index (χ1) is 15.0. The number of fused-ring (bicyclic) bond motifs is 1. The number of carbonyl (C=O) groups is 2. The van der Waals surface area contributed by atoms with Crippen LogP contribution in [0.15, 0.2) is 77.7 Å². The molecule has 0 aliphatic heterocycles. The standard InChI is InChI=1S/C23H20N4O4/c1-16(28)18-7-5-9-20(13-18)31-15-22(29)24-19-8-4-6-17(12-19)14-27-23(30)26-11-3-2-10-21(26)25-27/h2-13H,14-15H2,1H3,(H,24,29). The number of nitrogens with one attached hydrogen (secondary N) is 1. The zero-order valence-electron chi connectivity index (χ0n) is 16.8. The minimum atomic E-state index is -0.338. The van der Waals surface area contributed by atoms with Crippen LogP contribution in [0.5, 0.6) is 5.75 Å². The van der Waals surface area contributed by atoms with Crippen molar-refractivity contribution in [3.05, 3.63) is 94.5 Å². The first kappa shape index (κ1) is 20.1. The van der Waals surface area contributed by atoms with Gasteiger partial charge in [-0.15, -0.1) is 5.10 Å². The van der Waals surface area contributed by atoms with Crippen LogP contribution in [0.1, 0.15) is 22.8 Å². The molecule has 4 rings (SSSR count). The number of pyridine rings is 1. The van der Waals surface area contributed by atoms with E-state index in [2.05, 4.69) is 10.4 Å². The molecule has 31 heavy (non-hydrogen) atoms. The van der Waals surface area contributed by atoms with Crippen molar-refractivity contribution in [2.24, 2.45) is 0 Å². The maximum atomic E-state index is 12.4. The fourth-order valence-corrected chi connectivity index (χ4v) is 3.14. The summed E-state index contributed by atoms with van der Waals surface area (Å²) in [6.07, 6.45) is 1.67. The lowest BCUT2D eigenvalue weighted by Gasteiger charge is -2.09. The van der Waals surface area contributed by atoms with Crippen molar-refractivity contribution in [2.75, 3.05) is 11.9 Å². The molecule has 2 heterocycles. The van der Waals surface area contributed by atoms with Gasteiger partial charge in [-0.1, -0.05) is 30.3 Å². The van der Waals surface area contributed by atoms with E-state index in [1.54, 1.807) is 60.8 Å². The van der Waals surface area contributed by atoms with Gasteiger partial charge in [0, 0.05) is 17.4 Å². The number of carbonyl (C=O) groups excluding carboxylic acids is 2. The Labute approximate surface area is 177 Å². The minimum absolute atomic E-state index is 0.0727. The van der Waals surface area contributed by atoms with Gasteiger partial charge in [0.1, 0.15) is 5.75 Å². The SMILES string of the molecule is CC(=O)c1cccc(OCC(=O)Nc2cccc(Cn3nc4ccccn4c3=O)c2)c1. The Balaban J connectivity index is 1.40. The number of ketones is 1. The smallest absolute Gasteiger partial charge is 0.350 e. The molecular weight excluding hydrogens is 396 g/mol. The number of anilines is 1. The van der Waals surface area contributed by atoms with Gasteiger partial charge in [-0.25, -0.2) is 9.48 Å². The Kier molecular flexibility index (Phi) is 5.61. The maximum Gasteiger partial charge on any atom is 0.350 e. The predicted octanol–water partition coefficient (Wildman–Crippen LogP) is 2.76. The van der Waals surface area contributed by atoms with Crippen LogP contribution in [0.3, 0.4) is 0 Å². The van der Waals surface area contributed by atoms with Crippen molar-refractivity contribution in [2.45, 2.75) is 13.5 Å². The molecule has 8 nitrogen and oxygen atoms in total. The van der Waals surface area contributed by atoms with Crippen molar-refractivity contribution < 1.29 is 14.3 Å². The molecule has 2 aromatic heterocycles. The highest BCUT2D eigenvalue weighted by atomic mass is 16.5. The van der Waals surface area contributed by atoms with Crippen molar-refractivity contribution in [1.29, 1.82) is 0 Å². The Morgan fingerprint density at radius 3 is 2.68 bits per heavy atom. The molecule has 0 bridgehead atoms. The highest BCUT2D eigenvalue weighted by Crippen LogP contribution is 2.15. The van der Waals surface area contributed by atoms with Gasteiger partial charge in [0.15, 0.2) is 18.0 Å². The van der Waals surface area contributed by atoms with E-state index in [-0.39, 0.29) is 30.5 Å². The van der Waals surface area contributed by atoms with Gasteiger partial charge in [0.05, 0.1) is 6.54 Å². The van der Waals surface area contributed by atoms with E-state index in [4.69, 9.17) is 4.74 Å². The predicted molar refractivity (Wildman–Crippen MR) is 116 cm³/mol. The Morgan fingerprint density at radius 1 is 1.03 bits per heavy atom. The third-order valence-electron chi connectivity index (χ3n) is 4.64. The van der Waals surface area contributed by atoms with Crippen LogP contribution in [0.4, 0.5) is 5.69 Å². The molecule has 0 spiro atoms. The summed E-state index contributed by atoms with van der Waals surface area (Å²) in [6.45, 7) is 1.55. The number of aromatic nitrogens is 3. The summed E-state index contributed by atoms with van der Waals surface area (Å²) < 4.78 is 8.34. The summed E-state index contributed by atoms with van der Waals surface area (Å²) in [5.41, 5.74) is 2.26. The molecule has 0 atom stereocenters. The molecular formula is C23H20N4O4. The third-order valence-corrected chi connectivity index (χ3v) is 4.64. The molecule has 156 valence electrons. The maximum absolute atomic E-state index is 12.4. The fourth-order valence-electron chi connectivity index (χ4n) is 3.14. The average molecular weight is 416 g/mol. The summed E-state index contributed by atoms with van der Waals surface area (Å²) in [5.74, 6) is 0.0366. The first-order valence-corrected chi connectivity index (χ1v) is 9.66. The summed E-state index contributed by atoms with van der Waals surface area (Å²) in [5, 5.41) is 7.09. The van der Waals surface area contributed by atoms with Crippen LogP contribution in [-0.4, -0.2) is 32.5 Å². The van der Waals surface area contributed by atoms with Gasteiger partial charge >= 0.3 is 5.69 Å². The molecule has 0 unspecified atom stereocenters. The van der Waals surface area contributed by atoms with E-state index in [9.17, 15) is 14.4 Å². The van der Waals surface area contributed by atoms with Crippen LogP contribution in [0, 0.1) is 0 Å². The van der Waals surface area contributed by atoms with Crippen LogP contribution in [0.2, 0.25) is 0 Å². The minimum Gasteiger partial charge on any atom is -0.484 e. The van der Waals surface area contributed by atoms with Gasteiger partial charge in [0.25, 0.3) is 5.91 Å². The van der Waals surface area contributed by atoms with E-state index in [1.165, 1.54) is 16.0 Å². The van der Waals surface area contributed by atoms with Crippen LogP contribution < -0.4 is 15.7 Å². The number of rotatable bonds is 7. The number of hydrogen-bond acceptors (Lipinski definition) is 5. The molecule has 0 fully saturated rings. The van der Waals surface area contributed by atoms with E-state index >= 15 is 0 Å². The Morgan fingerprint density at radius 2 is 1.87 bits per heavy atom. The number of amides is 1. The van der Waals surface area contributed by atoms with Crippen molar-refractivity contribution >= 4 is 23.0 Å². The van der Waals surface area contributed by atoms with E-state index in [0.29, 0.717) is 22.6 Å². The molecule has 1 N–H and O–H groups in total. The van der Waals surface area contributed by atoms with Crippen molar-refractivity contribution in [1.82, 2.24) is 14.2 Å². The molecule has 0 radical (unpaired) electrons. The highest BCUT2D eigenvalue weighted by molar-refractivity contribution is 5.94. The second-order valence-electron chi connectivity index (χ2n) is 6.99. The quantitative estimate of drug-likeness (QED) is 0.468. The lowest BCUT2D eigenvalue weighted by atomic mass is 10.1. The highest BCUT2D eigenvalue weighted by Gasteiger charge is 2.09. The normalized spacial score (nSPS) is 10.7. The van der Waals surface area contributed by atoms with Gasteiger partial charge in [-0.05, 0) is 48.9 Å². The molecule has 4 aromatic rings. The number of Topliss-reactive ketones (excluding diaryl/α,β-unsaturated/α-hetero) is 1. The van der Waals surface area contributed by atoms with E-state index in [1.807, 2.05) is 12.1 Å². The Bertz CT molecular complexity index is 1320. The monoisotopic (exact) mass is 416 g/mol. The summed E-state index contributed by atoms with van der Waals surface area (Å²) in [4.78, 5) is 36.2. The molecule has 8 heteroatoms. The average Bonchev–Trinajstić information content (AvgIpc) is 3.08. The van der Waals surface area contributed by atoms with Crippen LogP contribution >= 0.6 is 0 Å². The van der Waals surface area contributed by atoms with Crippen molar-refractivity contribution in [3.8, 4) is 5.75 Å². The van der Waals surface area contributed by atoms with Crippen LogP contribution in [0.25, 0.3) is 5.65 Å². The lowest BCUT2D eigenvalue weighted by Crippen LogP contribution is -2.22. The topological polar surface area (TPSA) is 94.7 Å². The second-order valence-corrected chi connectivity index (χ2v) is 6.99. The first-order valence-electron chi connectivity index (χ1n) is 9.66. The van der Waals surface area contributed by atoms with Crippen LogP contribution in [-0.2, 0) is 11.3 Å². The van der Waals surface area contributed by atoms with Gasteiger partial charge in [0.2, 0.25) is 0 Å². The zero-order valence-corrected chi connectivity index (χ0v) is 16.8. The molecule has 0 saturated carbocycles. The van der Waals surface area contributed by atoms with Gasteiger partial charge in [-0.2, -0.15) is 0 Å². The third kappa shape index (κ3) is 4.69. The number of ether oxygens (including phenoxy) is 1. The molecule has 0 saturated heterocycles. The van der Waals surface area contributed by atoms with Gasteiger partial charge in [-0.3, -0.25) is 14.0 Å². The number of nitrogens with zero attached hydrogens (tertiary/aromatic N) is 3. The number of benzene rings is 2. The Hall–Kier alpha value is -4.20. The second kappa shape index (κ2) is 8.66. The molecule has 1 amide bonds. The van der Waals surface area contributed by atoms with Crippen molar-refractivity contribution in [3.63, 3.8) is 0 Å². The fraction of sp³-hybridized carbons (Fsp3) is 0.130. The van der Waals surface area contributed by atoms with E-state index < -0.39 is 0 Å².